The molecule has 2 aromatic rings. The maximum absolute atomic E-state index is 11.1. The molecule has 0 saturated carbocycles. The van der Waals surface area contributed by atoms with Gasteiger partial charge in [-0.2, -0.15) is 24.7 Å². The van der Waals surface area contributed by atoms with E-state index in [1.54, 1.807) is 0 Å². The van der Waals surface area contributed by atoms with E-state index in [1.165, 1.54) is 24.4 Å². The van der Waals surface area contributed by atoms with Gasteiger partial charge in [0.25, 0.3) is 5.95 Å². The van der Waals surface area contributed by atoms with Gasteiger partial charge in [-0.1, -0.05) is 0 Å². The number of amides is 1. The highest BCUT2D eigenvalue weighted by Crippen LogP contribution is 2.06. The van der Waals surface area contributed by atoms with Gasteiger partial charge < -0.3 is 10.6 Å². The van der Waals surface area contributed by atoms with Crippen molar-refractivity contribution in [3.05, 3.63) is 12.7 Å². The molecule has 5 N–H and O–H groups in total. The number of nitrogen functional groups attached to an aromatic ring is 1. The first-order valence-electron chi connectivity index (χ1n) is 5.25. The number of nitrogens with two attached hydrogens (primary N) is 1. The molecule has 11 heteroatoms. The second-order valence-electron chi connectivity index (χ2n) is 3.29. The largest absolute Gasteiger partial charge is 0.358 e. The van der Waals surface area contributed by atoms with Crippen molar-refractivity contribution in [3.63, 3.8) is 0 Å². The van der Waals surface area contributed by atoms with Crippen LogP contribution in [0.2, 0.25) is 0 Å². The van der Waals surface area contributed by atoms with Crippen LogP contribution in [0.15, 0.2) is 12.7 Å². The number of carbonyl (C=O) groups excluding carboxylic acids is 1. The zero-order valence-corrected chi connectivity index (χ0v) is 10.0. The lowest BCUT2D eigenvalue weighted by Crippen LogP contribution is -2.27. The monoisotopic (exact) mass is 264 g/mol. The van der Waals surface area contributed by atoms with Crippen LogP contribution < -0.4 is 21.9 Å². The van der Waals surface area contributed by atoms with Crippen LogP contribution in [0, 0.1) is 0 Å². The summed E-state index contributed by atoms with van der Waals surface area (Å²) in [7, 11) is 1.53. The van der Waals surface area contributed by atoms with Crippen molar-refractivity contribution in [1.29, 1.82) is 0 Å². The number of rotatable bonds is 5. The first-order valence-corrected chi connectivity index (χ1v) is 5.25. The van der Waals surface area contributed by atoms with Gasteiger partial charge in [0.15, 0.2) is 0 Å². The van der Waals surface area contributed by atoms with Crippen molar-refractivity contribution in [2.24, 2.45) is 5.84 Å². The van der Waals surface area contributed by atoms with E-state index in [1.807, 2.05) is 0 Å². The number of carbonyl (C=O) groups is 1. The fourth-order valence-electron chi connectivity index (χ4n) is 1.17. The fourth-order valence-corrected chi connectivity index (χ4v) is 1.17. The molecule has 0 aliphatic carbocycles. The molecular formula is C8H12N10O. The summed E-state index contributed by atoms with van der Waals surface area (Å²) in [6.07, 6.45) is 2.77. The summed E-state index contributed by atoms with van der Waals surface area (Å²) in [5, 5.41) is 9.10. The Morgan fingerprint density at radius 2 is 2.16 bits per heavy atom. The van der Waals surface area contributed by atoms with Crippen molar-refractivity contribution < 1.29 is 4.79 Å². The van der Waals surface area contributed by atoms with Gasteiger partial charge in [-0.15, -0.1) is 0 Å². The lowest BCUT2D eigenvalue weighted by molar-refractivity contribution is -0.118. The minimum atomic E-state index is -0.204. The minimum absolute atomic E-state index is 0.0291. The normalized spacial score (nSPS) is 10.0. The van der Waals surface area contributed by atoms with Crippen LogP contribution in [0.5, 0.6) is 0 Å². The smallest absolute Gasteiger partial charge is 0.258 e. The molecule has 0 fully saturated rings. The summed E-state index contributed by atoms with van der Waals surface area (Å²) >= 11 is 0. The minimum Gasteiger partial charge on any atom is -0.358 e. The van der Waals surface area contributed by atoms with E-state index in [2.05, 4.69) is 41.1 Å². The number of nitrogens with zero attached hydrogens (tertiary/aromatic N) is 6. The van der Waals surface area contributed by atoms with E-state index in [0.717, 1.165) is 0 Å². The van der Waals surface area contributed by atoms with E-state index in [9.17, 15) is 4.79 Å². The molecule has 2 aromatic heterocycles. The predicted octanol–water partition coefficient (Wildman–Crippen LogP) is -2.10. The second-order valence-corrected chi connectivity index (χ2v) is 3.29. The van der Waals surface area contributed by atoms with E-state index in [-0.39, 0.29) is 30.3 Å². The summed E-state index contributed by atoms with van der Waals surface area (Å²) in [6, 6.07) is 0. The highest BCUT2D eigenvalue weighted by atomic mass is 16.1. The van der Waals surface area contributed by atoms with Crippen LogP contribution in [-0.4, -0.2) is 49.2 Å². The number of hydrogen-bond donors (Lipinski definition) is 4. The highest BCUT2D eigenvalue weighted by molar-refractivity contribution is 5.79. The molecule has 1 amide bonds. The molecule has 0 saturated heterocycles. The van der Waals surface area contributed by atoms with Crippen LogP contribution in [0.1, 0.15) is 0 Å². The Morgan fingerprint density at radius 3 is 2.79 bits per heavy atom. The second kappa shape index (κ2) is 5.68. The van der Waals surface area contributed by atoms with Gasteiger partial charge >= 0.3 is 0 Å². The highest BCUT2D eigenvalue weighted by Gasteiger charge is 2.08. The van der Waals surface area contributed by atoms with Gasteiger partial charge in [0.1, 0.15) is 12.7 Å². The molecule has 19 heavy (non-hydrogen) atoms. The van der Waals surface area contributed by atoms with E-state index < -0.39 is 0 Å². The third-order valence-corrected chi connectivity index (χ3v) is 2.06. The van der Waals surface area contributed by atoms with Crippen LogP contribution in [-0.2, 0) is 4.79 Å². The average molecular weight is 264 g/mol. The third kappa shape index (κ3) is 3.10. The molecule has 0 atom stereocenters. The van der Waals surface area contributed by atoms with Crippen molar-refractivity contribution >= 4 is 17.8 Å². The maximum Gasteiger partial charge on any atom is 0.258 e. The molecule has 2 rings (SSSR count). The zero-order chi connectivity index (χ0) is 13.7. The van der Waals surface area contributed by atoms with Crippen LogP contribution in [0.3, 0.4) is 0 Å². The van der Waals surface area contributed by atoms with Gasteiger partial charge in [-0.3, -0.25) is 10.2 Å². The Kier molecular flexibility index (Phi) is 3.78. The molecule has 100 valence electrons. The number of anilines is 2. The molecule has 0 unspecified atom stereocenters. The van der Waals surface area contributed by atoms with E-state index in [0.29, 0.717) is 0 Å². The Morgan fingerprint density at radius 1 is 1.37 bits per heavy atom. The first kappa shape index (κ1) is 12.6. The molecule has 0 spiro atoms. The maximum atomic E-state index is 11.1. The Balaban J connectivity index is 2.23. The first-order chi connectivity index (χ1) is 9.22. The van der Waals surface area contributed by atoms with Crippen molar-refractivity contribution in [1.82, 2.24) is 35.0 Å². The summed E-state index contributed by atoms with van der Waals surface area (Å²) in [5.74, 6) is 5.62. The number of hydrogen-bond acceptors (Lipinski definition) is 9. The number of aromatic nitrogens is 6. The summed E-state index contributed by atoms with van der Waals surface area (Å²) in [4.78, 5) is 27.0. The Bertz CT molecular complexity index is 553. The summed E-state index contributed by atoms with van der Waals surface area (Å²) in [6.45, 7) is 0.0291. The van der Waals surface area contributed by atoms with Crippen LogP contribution in [0.25, 0.3) is 5.95 Å². The Hall–Kier alpha value is -2.82. The average Bonchev–Trinajstić information content (AvgIpc) is 2.98. The van der Waals surface area contributed by atoms with Crippen molar-refractivity contribution in [2.45, 2.75) is 0 Å². The Labute approximate surface area is 107 Å². The van der Waals surface area contributed by atoms with Crippen molar-refractivity contribution in [2.75, 3.05) is 24.3 Å². The van der Waals surface area contributed by atoms with E-state index in [4.69, 9.17) is 5.84 Å². The van der Waals surface area contributed by atoms with Gasteiger partial charge in [0.05, 0.1) is 6.54 Å². The standard InChI is InChI=1S/C8H12N10O/c1-10-5(19)2-12-6-14-7(17-9)16-8(15-6)18-4-11-3-13-18/h3-4H,2,9H2,1H3,(H,10,19)(H2,12,14,15,16,17). The van der Waals surface area contributed by atoms with Gasteiger partial charge in [0, 0.05) is 7.05 Å². The number of hydrazine groups is 1. The summed E-state index contributed by atoms with van der Waals surface area (Å²) in [5.41, 5.74) is 2.31. The quantitative estimate of drug-likeness (QED) is 0.351. The topological polar surface area (TPSA) is 149 Å². The molecule has 2 heterocycles. The van der Waals surface area contributed by atoms with Gasteiger partial charge in [-0.25, -0.2) is 10.8 Å². The third-order valence-electron chi connectivity index (χ3n) is 2.06. The molecule has 0 aliphatic rings. The summed E-state index contributed by atoms with van der Waals surface area (Å²) < 4.78 is 1.34. The molecule has 0 aromatic carbocycles. The SMILES string of the molecule is CNC(=O)CNc1nc(NN)nc(-n2cncn2)n1. The van der Waals surface area contributed by atoms with Crippen LogP contribution >= 0.6 is 0 Å². The van der Waals surface area contributed by atoms with Gasteiger partial charge in [0.2, 0.25) is 17.8 Å². The molecular weight excluding hydrogens is 252 g/mol. The lowest BCUT2D eigenvalue weighted by Gasteiger charge is -2.07. The predicted molar refractivity (Wildman–Crippen MR) is 65.1 cm³/mol. The number of nitrogens with one attached hydrogen (secondary N) is 3. The number of likely N-dealkylation sites (N-methyl/N-ethyl adjacent to an activating group) is 1. The molecule has 0 radical (unpaired) electrons. The van der Waals surface area contributed by atoms with Crippen molar-refractivity contribution in [3.8, 4) is 5.95 Å². The molecule has 0 aliphatic heterocycles. The molecule has 0 bridgehead atoms. The fraction of sp³-hybridized carbons (Fsp3) is 0.250. The van der Waals surface area contributed by atoms with Crippen LogP contribution in [0.4, 0.5) is 11.9 Å². The van der Waals surface area contributed by atoms with E-state index >= 15 is 0 Å². The van der Waals surface area contributed by atoms with Gasteiger partial charge in [-0.05, 0) is 0 Å². The lowest BCUT2D eigenvalue weighted by atomic mass is 10.6. The zero-order valence-electron chi connectivity index (χ0n) is 10.0. The molecule has 11 nitrogen and oxygen atoms in total.